The second kappa shape index (κ2) is 9.87. The summed E-state index contributed by atoms with van der Waals surface area (Å²) in [7, 11) is 0. The number of aryl methyl sites for hydroxylation is 1. The Hall–Kier alpha value is -3.32. The predicted octanol–water partition coefficient (Wildman–Crippen LogP) is 4.24. The van der Waals surface area contributed by atoms with Crippen molar-refractivity contribution < 1.29 is 14.3 Å². The summed E-state index contributed by atoms with van der Waals surface area (Å²) in [6.45, 7) is 3.99. The van der Waals surface area contributed by atoms with E-state index < -0.39 is 5.63 Å². The van der Waals surface area contributed by atoms with Crippen LogP contribution in [0.4, 0.5) is 10.5 Å². The molecule has 0 spiro atoms. The lowest BCUT2D eigenvalue weighted by molar-refractivity contribution is 0.139. The van der Waals surface area contributed by atoms with Crippen molar-refractivity contribution in [1.29, 1.82) is 0 Å². The maximum Gasteiger partial charge on any atom is 0.336 e. The number of nitrogens with one attached hydrogen (secondary N) is 2. The van der Waals surface area contributed by atoms with Gasteiger partial charge in [0.05, 0.1) is 0 Å². The van der Waals surface area contributed by atoms with Crippen LogP contribution in [0.15, 0.2) is 57.7 Å². The zero-order valence-electron chi connectivity index (χ0n) is 18.3. The number of amides is 2. The van der Waals surface area contributed by atoms with Crippen LogP contribution in [0.2, 0.25) is 0 Å². The van der Waals surface area contributed by atoms with Crippen molar-refractivity contribution in [1.82, 2.24) is 10.2 Å². The van der Waals surface area contributed by atoms with Gasteiger partial charge in [-0.15, -0.1) is 0 Å². The highest BCUT2D eigenvalue weighted by atomic mass is 16.4. The highest BCUT2D eigenvalue weighted by Gasteiger charge is 2.24. The molecule has 7 nitrogen and oxygen atoms in total. The Morgan fingerprint density at radius 1 is 1.16 bits per heavy atom. The van der Waals surface area contributed by atoms with Crippen molar-refractivity contribution in [3.63, 3.8) is 0 Å². The number of nitrogens with zero attached hydrogens (tertiary/aromatic N) is 1. The molecule has 2 heterocycles. The molecule has 3 N–H and O–H groups in total. The molecule has 0 saturated carbocycles. The van der Waals surface area contributed by atoms with E-state index in [1.165, 1.54) is 6.07 Å². The number of carbonyl (C=O) groups is 1. The van der Waals surface area contributed by atoms with E-state index in [4.69, 9.17) is 4.42 Å². The van der Waals surface area contributed by atoms with E-state index >= 15 is 0 Å². The number of hydrogen-bond donors (Lipinski definition) is 3. The van der Waals surface area contributed by atoms with Gasteiger partial charge in [0, 0.05) is 42.3 Å². The fourth-order valence-corrected chi connectivity index (χ4v) is 4.35. The molecular formula is C25H29N3O4. The number of anilines is 1. The number of para-hydroxylation sites is 1. The number of hydrogen-bond acceptors (Lipinski definition) is 5. The van der Waals surface area contributed by atoms with Crippen LogP contribution >= 0.6 is 0 Å². The van der Waals surface area contributed by atoms with Crippen molar-refractivity contribution in [2.75, 3.05) is 18.4 Å². The van der Waals surface area contributed by atoms with Gasteiger partial charge in [-0.25, -0.2) is 9.59 Å². The van der Waals surface area contributed by atoms with Crippen LogP contribution in [0.25, 0.3) is 11.0 Å². The number of phenols is 1. The smallest absolute Gasteiger partial charge is 0.336 e. The van der Waals surface area contributed by atoms with Gasteiger partial charge in [0.2, 0.25) is 0 Å². The van der Waals surface area contributed by atoms with Gasteiger partial charge in [0.15, 0.2) is 0 Å². The van der Waals surface area contributed by atoms with Gasteiger partial charge in [-0.2, -0.15) is 0 Å². The van der Waals surface area contributed by atoms with Crippen molar-refractivity contribution in [2.24, 2.45) is 0 Å². The second-order valence-corrected chi connectivity index (χ2v) is 8.24. The summed E-state index contributed by atoms with van der Waals surface area (Å²) in [5.41, 5.74) is 2.43. The first kappa shape index (κ1) is 21.9. The number of likely N-dealkylation sites (tertiary alicyclic amines) is 1. The third-order valence-corrected chi connectivity index (χ3v) is 6.06. The van der Waals surface area contributed by atoms with Crippen molar-refractivity contribution in [2.45, 2.75) is 45.2 Å². The molecule has 3 aromatic rings. The van der Waals surface area contributed by atoms with E-state index in [9.17, 15) is 14.7 Å². The van der Waals surface area contributed by atoms with Crippen LogP contribution in [-0.2, 0) is 13.0 Å². The molecule has 168 valence electrons. The number of fused-ring (bicyclic) bond motifs is 1. The molecule has 1 saturated heterocycles. The average molecular weight is 436 g/mol. The molecule has 32 heavy (non-hydrogen) atoms. The number of aromatic hydroxyl groups is 1. The number of benzene rings is 2. The van der Waals surface area contributed by atoms with Gasteiger partial charge in [-0.1, -0.05) is 31.5 Å². The monoisotopic (exact) mass is 435 g/mol. The molecule has 0 radical (unpaired) electrons. The van der Waals surface area contributed by atoms with Gasteiger partial charge in [0.25, 0.3) is 0 Å². The normalized spacial score (nSPS) is 16.7. The summed E-state index contributed by atoms with van der Waals surface area (Å²) < 4.78 is 5.33. The fourth-order valence-electron chi connectivity index (χ4n) is 4.35. The van der Waals surface area contributed by atoms with Gasteiger partial charge in [-0.3, -0.25) is 4.90 Å². The zero-order valence-corrected chi connectivity index (χ0v) is 18.3. The van der Waals surface area contributed by atoms with Crippen molar-refractivity contribution in [3.05, 3.63) is 70.1 Å². The molecule has 1 aliphatic heterocycles. The molecule has 1 aromatic heterocycles. The summed E-state index contributed by atoms with van der Waals surface area (Å²) in [6.07, 6.45) is 3.85. The van der Waals surface area contributed by atoms with Crippen LogP contribution in [0.3, 0.4) is 0 Å². The molecule has 7 heteroatoms. The maximum atomic E-state index is 12.3. The Bertz CT molecular complexity index is 1140. The van der Waals surface area contributed by atoms with Gasteiger partial charge in [-0.05, 0) is 55.1 Å². The second-order valence-electron chi connectivity index (χ2n) is 8.24. The lowest BCUT2D eigenvalue weighted by Gasteiger charge is -2.36. The van der Waals surface area contributed by atoms with E-state index in [2.05, 4.69) is 15.5 Å². The quantitative estimate of drug-likeness (QED) is 0.504. The van der Waals surface area contributed by atoms with Crippen LogP contribution in [0.1, 0.15) is 37.3 Å². The summed E-state index contributed by atoms with van der Waals surface area (Å²) >= 11 is 0. The van der Waals surface area contributed by atoms with E-state index in [0.29, 0.717) is 25.1 Å². The summed E-state index contributed by atoms with van der Waals surface area (Å²) in [4.78, 5) is 26.8. The molecule has 1 fully saturated rings. The summed E-state index contributed by atoms with van der Waals surface area (Å²) in [5, 5.41) is 16.8. The summed E-state index contributed by atoms with van der Waals surface area (Å²) in [6, 6.07) is 14.3. The fraction of sp³-hybridized carbons (Fsp3) is 0.360. The largest absolute Gasteiger partial charge is 0.508 e. The number of urea groups is 1. The first-order chi connectivity index (χ1) is 15.5. The average Bonchev–Trinajstić information content (AvgIpc) is 2.78. The van der Waals surface area contributed by atoms with E-state index in [0.717, 1.165) is 48.0 Å². The van der Waals surface area contributed by atoms with Crippen LogP contribution in [-0.4, -0.2) is 35.2 Å². The molecule has 1 aliphatic rings. The topological polar surface area (TPSA) is 94.8 Å². The minimum absolute atomic E-state index is 0.143. The number of phenolic OH excluding ortho intramolecular Hbond substituents is 1. The molecule has 2 amide bonds. The Morgan fingerprint density at radius 3 is 2.75 bits per heavy atom. The first-order valence-corrected chi connectivity index (χ1v) is 11.2. The number of piperidine rings is 1. The van der Waals surface area contributed by atoms with E-state index in [1.54, 1.807) is 6.07 Å². The number of rotatable bonds is 6. The highest BCUT2D eigenvalue weighted by Crippen LogP contribution is 2.29. The van der Waals surface area contributed by atoms with Crippen molar-refractivity contribution in [3.8, 4) is 5.75 Å². The Kier molecular flexibility index (Phi) is 6.75. The molecule has 1 unspecified atom stereocenters. The van der Waals surface area contributed by atoms with Crippen LogP contribution in [0.5, 0.6) is 5.75 Å². The minimum Gasteiger partial charge on any atom is -0.508 e. The lowest BCUT2D eigenvalue weighted by atomic mass is 9.99. The standard InChI is InChI=1S/C25H29N3O4/c1-2-17-12-21-18(13-24(30)32-23(21)14-22(17)29)16-28-11-7-6-10-20(28)15-26-25(31)27-19-8-4-3-5-9-19/h3-5,8-9,12-14,20,29H,2,6-7,10-11,15-16H2,1H3,(H2,26,27,31). The van der Waals surface area contributed by atoms with Crippen LogP contribution < -0.4 is 16.3 Å². The molecule has 1 atom stereocenters. The van der Waals surface area contributed by atoms with E-state index in [1.807, 2.05) is 43.3 Å². The third-order valence-electron chi connectivity index (χ3n) is 6.06. The summed E-state index contributed by atoms with van der Waals surface area (Å²) in [5.74, 6) is 0.143. The SMILES string of the molecule is CCc1cc2c(CN3CCCCC3CNC(=O)Nc3ccccc3)cc(=O)oc2cc1O. The van der Waals surface area contributed by atoms with Crippen LogP contribution in [0, 0.1) is 0 Å². The highest BCUT2D eigenvalue weighted by molar-refractivity contribution is 5.89. The van der Waals surface area contributed by atoms with Gasteiger partial charge in [0.1, 0.15) is 11.3 Å². The van der Waals surface area contributed by atoms with Gasteiger partial charge < -0.3 is 20.2 Å². The van der Waals surface area contributed by atoms with Gasteiger partial charge >= 0.3 is 11.7 Å². The van der Waals surface area contributed by atoms with Crippen molar-refractivity contribution >= 4 is 22.7 Å². The predicted molar refractivity (Wildman–Crippen MR) is 125 cm³/mol. The number of carbonyl (C=O) groups excluding carboxylic acids is 1. The molecular weight excluding hydrogens is 406 g/mol. The maximum absolute atomic E-state index is 12.3. The first-order valence-electron chi connectivity index (χ1n) is 11.2. The zero-order chi connectivity index (χ0) is 22.5. The van der Waals surface area contributed by atoms with E-state index in [-0.39, 0.29) is 17.8 Å². The molecule has 2 aromatic carbocycles. The third kappa shape index (κ3) is 5.11. The molecule has 0 bridgehead atoms. The minimum atomic E-state index is -0.426. The Balaban J connectivity index is 1.49. The molecule has 0 aliphatic carbocycles. The molecule has 4 rings (SSSR count). The Morgan fingerprint density at radius 2 is 1.97 bits per heavy atom. The lowest BCUT2D eigenvalue weighted by Crippen LogP contribution is -2.47. The Labute approximate surface area is 187 Å².